The predicted molar refractivity (Wildman–Crippen MR) is 119 cm³/mol. The SMILES string of the molecule is COCCOCCN1CC2(CC(N(C)c3nccc(Nc4cc(C5CC5)[nH]n4)n3)C2)C1. The lowest BCUT2D eigenvalue weighted by atomic mass is 9.60. The average molecular weight is 428 g/mol. The van der Waals surface area contributed by atoms with Crippen LogP contribution in [0.25, 0.3) is 0 Å². The molecule has 0 atom stereocenters. The van der Waals surface area contributed by atoms with Gasteiger partial charge in [-0.1, -0.05) is 0 Å². The van der Waals surface area contributed by atoms with Crippen molar-refractivity contribution in [1.82, 2.24) is 25.1 Å². The molecule has 0 bridgehead atoms. The summed E-state index contributed by atoms with van der Waals surface area (Å²) in [5.41, 5.74) is 1.69. The largest absolute Gasteiger partial charge is 0.382 e. The average Bonchev–Trinajstić information content (AvgIpc) is 3.47. The Labute approximate surface area is 183 Å². The molecular weight excluding hydrogens is 394 g/mol. The summed E-state index contributed by atoms with van der Waals surface area (Å²) in [4.78, 5) is 14.0. The quantitative estimate of drug-likeness (QED) is 0.528. The maximum atomic E-state index is 5.58. The van der Waals surface area contributed by atoms with E-state index in [4.69, 9.17) is 14.5 Å². The second-order valence-corrected chi connectivity index (χ2v) is 9.34. The third-order valence-corrected chi connectivity index (χ3v) is 6.82. The molecule has 2 aromatic rings. The Hall–Kier alpha value is -2.23. The number of anilines is 3. The summed E-state index contributed by atoms with van der Waals surface area (Å²) < 4.78 is 10.6. The zero-order valence-electron chi connectivity index (χ0n) is 18.5. The number of hydrogen-bond acceptors (Lipinski definition) is 8. The van der Waals surface area contributed by atoms with Crippen LogP contribution in [0.2, 0.25) is 0 Å². The third kappa shape index (κ3) is 4.68. The molecule has 3 fully saturated rings. The van der Waals surface area contributed by atoms with Crippen LogP contribution in [0.3, 0.4) is 0 Å². The summed E-state index contributed by atoms with van der Waals surface area (Å²) in [6.45, 7) is 5.50. The zero-order chi connectivity index (χ0) is 21.3. The van der Waals surface area contributed by atoms with E-state index >= 15 is 0 Å². The number of aromatic amines is 1. The van der Waals surface area contributed by atoms with E-state index < -0.39 is 0 Å². The van der Waals surface area contributed by atoms with Crippen molar-refractivity contribution in [2.24, 2.45) is 5.41 Å². The predicted octanol–water partition coefficient (Wildman–Crippen LogP) is 2.38. The van der Waals surface area contributed by atoms with Crippen LogP contribution < -0.4 is 10.2 Å². The number of likely N-dealkylation sites (tertiary alicyclic amines) is 1. The first kappa shape index (κ1) is 20.7. The minimum atomic E-state index is 0.482. The van der Waals surface area contributed by atoms with Crippen LogP contribution in [0.4, 0.5) is 17.6 Å². The van der Waals surface area contributed by atoms with Crippen LogP contribution in [0.15, 0.2) is 18.3 Å². The molecule has 1 spiro atoms. The highest BCUT2D eigenvalue weighted by Gasteiger charge is 2.53. The first-order valence-electron chi connectivity index (χ1n) is 11.3. The fourth-order valence-corrected chi connectivity index (χ4v) is 4.86. The van der Waals surface area contributed by atoms with Gasteiger partial charge in [0.1, 0.15) is 5.82 Å². The Balaban J connectivity index is 1.08. The van der Waals surface area contributed by atoms with Crippen LogP contribution in [0.1, 0.15) is 37.3 Å². The lowest BCUT2D eigenvalue weighted by Gasteiger charge is -2.60. The van der Waals surface area contributed by atoms with Crippen molar-refractivity contribution in [3.05, 3.63) is 24.0 Å². The van der Waals surface area contributed by atoms with Crippen LogP contribution in [0, 0.1) is 5.41 Å². The fourth-order valence-electron chi connectivity index (χ4n) is 4.86. The molecule has 3 heterocycles. The number of methoxy groups -OCH3 is 1. The smallest absolute Gasteiger partial charge is 0.227 e. The molecule has 1 aliphatic heterocycles. The molecule has 5 rings (SSSR count). The van der Waals surface area contributed by atoms with Gasteiger partial charge in [0.2, 0.25) is 5.95 Å². The molecular formula is C22H33N7O2. The van der Waals surface area contributed by atoms with Gasteiger partial charge in [-0.05, 0) is 37.2 Å². The van der Waals surface area contributed by atoms with E-state index in [0.29, 0.717) is 30.6 Å². The maximum absolute atomic E-state index is 5.58. The van der Waals surface area contributed by atoms with Gasteiger partial charge in [-0.25, -0.2) is 4.98 Å². The summed E-state index contributed by atoms with van der Waals surface area (Å²) in [6, 6.07) is 4.48. The van der Waals surface area contributed by atoms with Crippen molar-refractivity contribution in [2.45, 2.75) is 37.6 Å². The van der Waals surface area contributed by atoms with Gasteiger partial charge in [-0.15, -0.1) is 0 Å². The van der Waals surface area contributed by atoms with Crippen molar-refractivity contribution < 1.29 is 9.47 Å². The molecule has 1 saturated heterocycles. The van der Waals surface area contributed by atoms with Gasteiger partial charge in [0.05, 0.1) is 19.8 Å². The Morgan fingerprint density at radius 2 is 2.06 bits per heavy atom. The van der Waals surface area contributed by atoms with Gasteiger partial charge in [0.25, 0.3) is 0 Å². The first-order chi connectivity index (χ1) is 15.1. The molecule has 0 radical (unpaired) electrons. The molecule has 9 nitrogen and oxygen atoms in total. The van der Waals surface area contributed by atoms with E-state index in [9.17, 15) is 0 Å². The molecule has 2 aliphatic carbocycles. The molecule has 168 valence electrons. The second-order valence-electron chi connectivity index (χ2n) is 9.34. The zero-order valence-corrected chi connectivity index (χ0v) is 18.5. The van der Waals surface area contributed by atoms with Gasteiger partial charge < -0.3 is 19.7 Å². The van der Waals surface area contributed by atoms with Crippen LogP contribution in [-0.4, -0.2) is 84.7 Å². The highest BCUT2D eigenvalue weighted by Crippen LogP contribution is 2.50. The van der Waals surface area contributed by atoms with Gasteiger partial charge in [-0.2, -0.15) is 10.1 Å². The summed E-state index contributed by atoms with van der Waals surface area (Å²) in [5, 5.41) is 10.8. The molecule has 2 aromatic heterocycles. The summed E-state index contributed by atoms with van der Waals surface area (Å²) >= 11 is 0. The van der Waals surface area contributed by atoms with E-state index in [1.165, 1.54) is 44.5 Å². The minimum absolute atomic E-state index is 0.482. The molecule has 2 N–H and O–H groups in total. The number of nitrogens with one attached hydrogen (secondary N) is 2. The topological polar surface area (TPSA) is 91.4 Å². The first-order valence-corrected chi connectivity index (χ1v) is 11.3. The lowest BCUT2D eigenvalue weighted by molar-refractivity contribution is -0.0814. The number of nitrogens with zero attached hydrogens (tertiary/aromatic N) is 5. The lowest BCUT2D eigenvalue weighted by Crippen LogP contribution is -2.66. The van der Waals surface area contributed by atoms with Crippen LogP contribution >= 0.6 is 0 Å². The van der Waals surface area contributed by atoms with Crippen LogP contribution in [-0.2, 0) is 9.47 Å². The van der Waals surface area contributed by atoms with Gasteiger partial charge in [-0.3, -0.25) is 10.00 Å². The normalized spacial score (nSPS) is 20.5. The highest BCUT2D eigenvalue weighted by molar-refractivity contribution is 5.54. The Kier molecular flexibility index (Phi) is 5.81. The number of ether oxygens (including phenoxy) is 2. The minimum Gasteiger partial charge on any atom is -0.382 e. The number of rotatable bonds is 11. The van der Waals surface area contributed by atoms with Gasteiger partial charge >= 0.3 is 0 Å². The standard InChI is InChI=1S/C22H33N7O2/c1-28(17-12-22(13-17)14-29(15-22)7-8-31-10-9-30-2)21-23-6-5-19(25-21)24-20-11-18(26-27-20)16-3-4-16/h5-6,11,16-17H,3-4,7-10,12-15H2,1-2H3,(H2,23,24,25,26,27). The third-order valence-electron chi connectivity index (χ3n) is 6.82. The van der Waals surface area contributed by atoms with Gasteiger partial charge in [0.15, 0.2) is 5.82 Å². The fraction of sp³-hybridized carbons (Fsp3) is 0.682. The van der Waals surface area contributed by atoms with Crippen molar-refractivity contribution >= 4 is 17.6 Å². The monoisotopic (exact) mass is 427 g/mol. The van der Waals surface area contributed by atoms with Crippen molar-refractivity contribution in [3.8, 4) is 0 Å². The number of hydrogen-bond donors (Lipinski definition) is 2. The van der Waals surface area contributed by atoms with Crippen molar-refractivity contribution in [1.29, 1.82) is 0 Å². The maximum Gasteiger partial charge on any atom is 0.227 e. The van der Waals surface area contributed by atoms with Crippen molar-refractivity contribution in [3.63, 3.8) is 0 Å². The number of aromatic nitrogens is 4. The van der Waals surface area contributed by atoms with Crippen LogP contribution in [0.5, 0.6) is 0 Å². The van der Waals surface area contributed by atoms with E-state index in [-0.39, 0.29) is 0 Å². The molecule has 9 heteroatoms. The summed E-state index contributed by atoms with van der Waals surface area (Å²) in [5.74, 6) is 3.03. The van der Waals surface area contributed by atoms with E-state index in [0.717, 1.165) is 30.7 Å². The van der Waals surface area contributed by atoms with E-state index in [1.807, 2.05) is 12.3 Å². The molecule has 0 amide bonds. The Morgan fingerprint density at radius 3 is 2.84 bits per heavy atom. The number of H-pyrrole nitrogens is 1. The van der Waals surface area contributed by atoms with Crippen molar-refractivity contribution in [2.75, 3.05) is 63.8 Å². The van der Waals surface area contributed by atoms with Gasteiger partial charge in [0, 0.05) is 63.7 Å². The molecule has 3 aliphatic rings. The Morgan fingerprint density at radius 1 is 1.23 bits per heavy atom. The summed E-state index contributed by atoms with van der Waals surface area (Å²) in [7, 11) is 3.81. The second kappa shape index (κ2) is 8.72. The molecule has 31 heavy (non-hydrogen) atoms. The highest BCUT2D eigenvalue weighted by atomic mass is 16.5. The molecule has 2 saturated carbocycles. The molecule has 0 unspecified atom stereocenters. The Bertz CT molecular complexity index is 870. The van der Waals surface area contributed by atoms with E-state index in [1.54, 1.807) is 7.11 Å². The van der Waals surface area contributed by atoms with E-state index in [2.05, 4.69) is 43.4 Å². The molecule has 0 aromatic carbocycles. The summed E-state index contributed by atoms with van der Waals surface area (Å²) in [6.07, 6.45) is 6.74.